The zero-order valence-corrected chi connectivity index (χ0v) is 10.7. The van der Waals surface area contributed by atoms with E-state index in [4.69, 9.17) is 13.0 Å². The minimum atomic E-state index is -3.12. The fraction of sp³-hybridized carbons (Fsp3) is 1.00. The van der Waals surface area contributed by atoms with Crippen molar-refractivity contribution in [2.24, 2.45) is 0 Å². The molecule has 0 spiro atoms. The van der Waals surface area contributed by atoms with Crippen LogP contribution in [0, 0.1) is 0 Å². The highest BCUT2D eigenvalue weighted by atomic mass is 35.5. The van der Waals surface area contributed by atoms with Crippen molar-refractivity contribution in [2.75, 3.05) is 42.3 Å². The zero-order chi connectivity index (χ0) is 10.7. The van der Waals surface area contributed by atoms with Crippen LogP contribution in [0.15, 0.2) is 0 Å². The quantitative estimate of drug-likeness (QED) is 0.453. The molecule has 0 aliphatic rings. The maximum atomic E-state index is 8.59. The monoisotopic (exact) mass is 236 g/mol. The molecular formula is C6H21ClN2O3S. The van der Waals surface area contributed by atoms with Gasteiger partial charge in [-0.25, -0.2) is 8.42 Å². The first-order valence-corrected chi connectivity index (χ1v) is 4.38. The van der Waals surface area contributed by atoms with Crippen LogP contribution in [0.3, 0.4) is 0 Å². The van der Waals surface area contributed by atoms with Gasteiger partial charge in [-0.2, -0.15) is 0 Å². The molecule has 0 atom stereocenters. The van der Waals surface area contributed by atoms with E-state index in [0.29, 0.717) is 0 Å². The molecule has 86 valence electrons. The van der Waals surface area contributed by atoms with Crippen molar-refractivity contribution >= 4 is 23.4 Å². The second-order valence-electron chi connectivity index (χ2n) is 2.92. The highest BCUT2D eigenvalue weighted by Gasteiger charge is 1.58. The van der Waals surface area contributed by atoms with Crippen LogP contribution in [0.1, 0.15) is 0 Å². The topological polar surface area (TPSA) is 60.9 Å². The first kappa shape index (κ1) is 23.2. The van der Waals surface area contributed by atoms with E-state index in [9.17, 15) is 0 Å². The summed E-state index contributed by atoms with van der Waals surface area (Å²) in [5.74, 6) is 0. The SMILES string of the molecule is CN(C)C.CN(C)C.Cl.O=[SH](=O)O. The molecule has 0 radical (unpaired) electrons. The van der Waals surface area contributed by atoms with Gasteiger partial charge in [-0.05, 0) is 42.3 Å². The Balaban J connectivity index is -0.0000000450. The molecule has 1 N–H and O–H groups in total. The Morgan fingerprint density at radius 2 is 0.846 bits per heavy atom. The standard InChI is InChI=1S/2C3H9N.ClH.H2O3S/c2*1-4(2)3;;1-4(2)3/h2*1-3H3;1H;4H,(H,1,2,3). The third-order valence-electron chi connectivity index (χ3n) is 0. The van der Waals surface area contributed by atoms with Gasteiger partial charge in [0.15, 0.2) is 0 Å². The number of nitrogens with zero attached hydrogens (tertiary/aromatic N) is 2. The largest absolute Gasteiger partial charge is 0.312 e. The molecule has 0 saturated heterocycles. The summed E-state index contributed by atoms with van der Waals surface area (Å²) in [5, 5.41) is 0. The molecule has 0 unspecified atom stereocenters. The van der Waals surface area contributed by atoms with Gasteiger partial charge in [0.05, 0.1) is 0 Å². The Kier molecular flexibility index (Phi) is 32.1. The first-order valence-electron chi connectivity index (χ1n) is 3.25. The Morgan fingerprint density at radius 3 is 0.846 bits per heavy atom. The average molecular weight is 237 g/mol. The van der Waals surface area contributed by atoms with Crippen molar-refractivity contribution in [1.82, 2.24) is 9.80 Å². The fourth-order valence-corrected chi connectivity index (χ4v) is 0. The smallest absolute Gasteiger partial charge is 0.254 e. The van der Waals surface area contributed by atoms with Gasteiger partial charge in [0.2, 0.25) is 0 Å². The molecule has 0 saturated carbocycles. The van der Waals surface area contributed by atoms with Crippen LogP contribution in [0.25, 0.3) is 0 Å². The van der Waals surface area contributed by atoms with E-state index in [-0.39, 0.29) is 12.4 Å². The van der Waals surface area contributed by atoms with Crippen LogP contribution in [-0.4, -0.2) is 65.1 Å². The normalized spacial score (nSPS) is 8.15. The lowest BCUT2D eigenvalue weighted by molar-refractivity contribution is 0.505. The maximum absolute atomic E-state index is 8.59. The van der Waals surface area contributed by atoms with Crippen LogP contribution in [-0.2, 0) is 11.0 Å². The summed E-state index contributed by atoms with van der Waals surface area (Å²) in [6.07, 6.45) is 0. The van der Waals surface area contributed by atoms with E-state index in [1.807, 2.05) is 52.1 Å². The number of halogens is 1. The van der Waals surface area contributed by atoms with Gasteiger partial charge in [-0.15, -0.1) is 12.4 Å². The van der Waals surface area contributed by atoms with E-state index >= 15 is 0 Å². The van der Waals surface area contributed by atoms with Crippen LogP contribution in [0.2, 0.25) is 0 Å². The van der Waals surface area contributed by atoms with Crippen LogP contribution >= 0.6 is 12.4 Å². The average Bonchev–Trinajstić information content (AvgIpc) is 1.54. The molecule has 7 heteroatoms. The summed E-state index contributed by atoms with van der Waals surface area (Å²) in [6.45, 7) is 0. The van der Waals surface area contributed by atoms with E-state index in [0.717, 1.165) is 0 Å². The summed E-state index contributed by atoms with van der Waals surface area (Å²) in [6, 6.07) is 0. The molecule has 0 aliphatic heterocycles. The van der Waals surface area contributed by atoms with Gasteiger partial charge in [0.25, 0.3) is 11.0 Å². The summed E-state index contributed by atoms with van der Waals surface area (Å²) >= 11 is 0. The van der Waals surface area contributed by atoms with E-state index in [1.54, 1.807) is 0 Å². The zero-order valence-electron chi connectivity index (χ0n) is 9.01. The van der Waals surface area contributed by atoms with Gasteiger partial charge in [-0.1, -0.05) is 0 Å². The summed E-state index contributed by atoms with van der Waals surface area (Å²) < 4.78 is 24.2. The highest BCUT2D eigenvalue weighted by Crippen LogP contribution is 1.48. The Hall–Kier alpha value is 0.120. The van der Waals surface area contributed by atoms with Crippen molar-refractivity contribution in [3.63, 3.8) is 0 Å². The Bertz CT molecular complexity index is 120. The van der Waals surface area contributed by atoms with Crippen LogP contribution in [0.4, 0.5) is 0 Å². The minimum Gasteiger partial charge on any atom is -0.312 e. The maximum Gasteiger partial charge on any atom is 0.254 e. The molecule has 0 bridgehead atoms. The molecule has 0 heterocycles. The fourth-order valence-electron chi connectivity index (χ4n) is 0. The van der Waals surface area contributed by atoms with Gasteiger partial charge >= 0.3 is 0 Å². The van der Waals surface area contributed by atoms with Crippen molar-refractivity contribution in [2.45, 2.75) is 0 Å². The third kappa shape index (κ3) is 86200. The second kappa shape index (κ2) is 18.0. The molecule has 0 rings (SSSR count). The predicted molar refractivity (Wildman–Crippen MR) is 59.4 cm³/mol. The van der Waals surface area contributed by atoms with Gasteiger partial charge in [0.1, 0.15) is 0 Å². The summed E-state index contributed by atoms with van der Waals surface area (Å²) in [7, 11) is 8.88. The van der Waals surface area contributed by atoms with Gasteiger partial charge in [0, 0.05) is 0 Å². The summed E-state index contributed by atoms with van der Waals surface area (Å²) in [5.41, 5.74) is 0. The molecule has 0 aromatic heterocycles. The number of hydrogen-bond acceptors (Lipinski definition) is 4. The Morgan fingerprint density at radius 1 is 0.846 bits per heavy atom. The summed E-state index contributed by atoms with van der Waals surface area (Å²) in [4.78, 5) is 4.00. The van der Waals surface area contributed by atoms with Gasteiger partial charge < -0.3 is 9.80 Å². The van der Waals surface area contributed by atoms with Crippen molar-refractivity contribution < 1.29 is 13.0 Å². The molecule has 0 fully saturated rings. The lowest BCUT2D eigenvalue weighted by atomic mass is 11.0. The van der Waals surface area contributed by atoms with Crippen LogP contribution < -0.4 is 0 Å². The molecule has 0 aromatic rings. The van der Waals surface area contributed by atoms with Crippen molar-refractivity contribution in [3.05, 3.63) is 0 Å². The number of hydrogen-bond donors (Lipinski definition) is 2. The molecule has 0 aliphatic carbocycles. The van der Waals surface area contributed by atoms with Crippen molar-refractivity contribution in [3.8, 4) is 0 Å². The Labute approximate surface area is 88.9 Å². The lowest BCUT2D eigenvalue weighted by Gasteiger charge is -1.90. The second-order valence-corrected chi connectivity index (χ2v) is 3.40. The molecule has 0 amide bonds. The van der Waals surface area contributed by atoms with E-state index in [1.165, 1.54) is 0 Å². The first-order chi connectivity index (χ1) is 5.20. The molecular weight excluding hydrogens is 216 g/mol. The third-order valence-corrected chi connectivity index (χ3v) is 0. The highest BCUT2D eigenvalue weighted by molar-refractivity contribution is 7.66. The van der Waals surface area contributed by atoms with E-state index in [2.05, 4.69) is 0 Å². The minimum absolute atomic E-state index is 0. The van der Waals surface area contributed by atoms with Gasteiger partial charge in [-0.3, -0.25) is 4.55 Å². The molecule has 0 aromatic carbocycles. The molecule has 13 heavy (non-hydrogen) atoms. The van der Waals surface area contributed by atoms with E-state index < -0.39 is 11.0 Å². The number of rotatable bonds is 0. The molecule has 5 nitrogen and oxygen atoms in total. The van der Waals surface area contributed by atoms with Crippen LogP contribution in [0.5, 0.6) is 0 Å². The number of thiol groups is 1. The van der Waals surface area contributed by atoms with Crippen molar-refractivity contribution in [1.29, 1.82) is 0 Å². The lowest BCUT2D eigenvalue weighted by Crippen LogP contribution is -1.99. The predicted octanol–water partition coefficient (Wildman–Crippen LogP) is -0.152.